The Morgan fingerprint density at radius 1 is 1.09 bits per heavy atom. The van der Waals surface area contributed by atoms with E-state index in [4.69, 9.17) is 0 Å². The van der Waals surface area contributed by atoms with Crippen LogP contribution in [-0.4, -0.2) is 20.6 Å². The number of carbonyl (C=O) groups excluding carboxylic acids is 1. The number of pyridine rings is 1. The first kappa shape index (κ1) is 13.3. The van der Waals surface area contributed by atoms with Crippen LogP contribution in [0.15, 0.2) is 65.7 Å². The lowest BCUT2D eigenvalue weighted by atomic mass is 10.1. The molecule has 1 amide bonds. The number of nitrogens with zero attached hydrogens (tertiary/aromatic N) is 2. The maximum Gasteiger partial charge on any atom is 0.286 e. The fourth-order valence-corrected chi connectivity index (χ4v) is 2.55. The summed E-state index contributed by atoms with van der Waals surface area (Å²) in [6.45, 7) is 0. The van der Waals surface area contributed by atoms with E-state index in [-0.39, 0.29) is 11.3 Å². The third-order valence-electron chi connectivity index (χ3n) is 3.67. The molecule has 4 rings (SSSR count). The van der Waals surface area contributed by atoms with Gasteiger partial charge < -0.3 is 4.98 Å². The van der Waals surface area contributed by atoms with Gasteiger partial charge >= 0.3 is 0 Å². The van der Waals surface area contributed by atoms with Crippen LogP contribution in [0.5, 0.6) is 0 Å². The highest BCUT2D eigenvalue weighted by atomic mass is 16.2. The maximum absolute atomic E-state index is 12.4. The molecule has 4 aromatic rings. The van der Waals surface area contributed by atoms with Gasteiger partial charge in [-0.1, -0.05) is 30.3 Å². The fraction of sp³-hybridized carbons (Fsp3) is 0. The average Bonchev–Trinajstić information content (AvgIpc) is 2.98. The summed E-state index contributed by atoms with van der Waals surface area (Å²) in [5.74, 6) is -0.406. The molecule has 6 nitrogen and oxygen atoms in total. The predicted molar refractivity (Wildman–Crippen MR) is 88.0 cm³/mol. The molecular weight excluding hydrogens is 292 g/mol. The van der Waals surface area contributed by atoms with E-state index in [0.717, 1.165) is 16.4 Å². The second kappa shape index (κ2) is 5.10. The molecule has 2 aromatic heterocycles. The van der Waals surface area contributed by atoms with Gasteiger partial charge in [-0.2, -0.15) is 0 Å². The molecule has 0 bridgehead atoms. The zero-order valence-corrected chi connectivity index (χ0v) is 12.0. The molecule has 112 valence electrons. The smallest absolute Gasteiger partial charge is 0.286 e. The van der Waals surface area contributed by atoms with Crippen LogP contribution < -0.4 is 11.0 Å². The zero-order valence-electron chi connectivity index (χ0n) is 12.0. The fourth-order valence-electron chi connectivity index (χ4n) is 2.55. The Balaban J connectivity index is 1.73. The first-order valence-corrected chi connectivity index (χ1v) is 7.08. The quantitative estimate of drug-likeness (QED) is 0.596. The number of nitrogens with one attached hydrogen (secondary N) is 2. The molecule has 2 aromatic carbocycles. The minimum absolute atomic E-state index is 0.200. The van der Waals surface area contributed by atoms with Gasteiger partial charge in [-0.05, 0) is 29.7 Å². The summed E-state index contributed by atoms with van der Waals surface area (Å²) in [6, 6.07) is 16.2. The van der Waals surface area contributed by atoms with Crippen LogP contribution in [-0.2, 0) is 0 Å². The topological polar surface area (TPSA) is 79.8 Å². The molecule has 6 heteroatoms. The Kier molecular flexibility index (Phi) is 2.94. The zero-order chi connectivity index (χ0) is 15.8. The monoisotopic (exact) mass is 304 g/mol. The minimum Gasteiger partial charge on any atom is -0.317 e. The van der Waals surface area contributed by atoms with E-state index in [1.54, 1.807) is 24.3 Å². The van der Waals surface area contributed by atoms with Gasteiger partial charge in [0, 0.05) is 5.39 Å². The number of amides is 1. The Morgan fingerprint density at radius 2 is 1.87 bits per heavy atom. The van der Waals surface area contributed by atoms with Gasteiger partial charge in [-0.3, -0.25) is 15.0 Å². The summed E-state index contributed by atoms with van der Waals surface area (Å²) >= 11 is 0. The maximum atomic E-state index is 12.4. The van der Waals surface area contributed by atoms with Crippen molar-refractivity contribution in [3.8, 4) is 0 Å². The molecule has 2 heterocycles. The summed E-state index contributed by atoms with van der Waals surface area (Å²) in [5.41, 5.74) is 4.19. The van der Waals surface area contributed by atoms with Crippen LogP contribution in [0.4, 0.5) is 0 Å². The SMILES string of the molecule is O=C(Nn1cnc2ccccc21)c1cc2ccccc2c(=O)[nH]1. The number of rotatable bonds is 2. The van der Waals surface area contributed by atoms with Crippen molar-refractivity contribution in [3.63, 3.8) is 0 Å². The number of para-hydroxylation sites is 2. The van der Waals surface area contributed by atoms with Gasteiger partial charge in [0.15, 0.2) is 0 Å². The highest BCUT2D eigenvalue weighted by Crippen LogP contribution is 2.12. The Hall–Kier alpha value is -3.41. The number of benzene rings is 2. The molecular formula is C17H12N4O2. The standard InChI is InChI=1S/C17H12N4O2/c22-16-12-6-2-1-5-11(12)9-14(19-16)17(23)20-21-10-18-13-7-3-4-8-15(13)21/h1-10H,(H,19,22)(H,20,23). The second-order valence-corrected chi connectivity index (χ2v) is 5.14. The molecule has 0 saturated heterocycles. The summed E-state index contributed by atoms with van der Waals surface area (Å²) in [6.07, 6.45) is 1.53. The van der Waals surface area contributed by atoms with E-state index in [1.165, 1.54) is 11.0 Å². The average molecular weight is 304 g/mol. The molecule has 0 spiro atoms. The van der Waals surface area contributed by atoms with Crippen molar-refractivity contribution in [3.05, 3.63) is 77.0 Å². The van der Waals surface area contributed by atoms with Crippen molar-refractivity contribution in [1.29, 1.82) is 0 Å². The molecule has 0 fully saturated rings. The van der Waals surface area contributed by atoms with Crippen LogP contribution in [0.25, 0.3) is 21.8 Å². The largest absolute Gasteiger partial charge is 0.317 e. The van der Waals surface area contributed by atoms with Gasteiger partial charge in [0.2, 0.25) is 0 Å². The van der Waals surface area contributed by atoms with Crippen LogP contribution in [0.3, 0.4) is 0 Å². The molecule has 0 atom stereocenters. The van der Waals surface area contributed by atoms with Crippen LogP contribution >= 0.6 is 0 Å². The van der Waals surface area contributed by atoms with E-state index >= 15 is 0 Å². The van der Waals surface area contributed by atoms with Gasteiger partial charge in [0.05, 0.1) is 11.0 Å². The number of aromatic amines is 1. The van der Waals surface area contributed by atoms with Crippen LogP contribution in [0.1, 0.15) is 10.5 Å². The molecule has 0 aliphatic heterocycles. The number of carbonyl (C=O) groups is 1. The van der Waals surface area contributed by atoms with Gasteiger partial charge in [0.1, 0.15) is 12.0 Å². The van der Waals surface area contributed by atoms with E-state index in [9.17, 15) is 9.59 Å². The lowest BCUT2D eigenvalue weighted by Crippen LogP contribution is -2.25. The highest BCUT2D eigenvalue weighted by Gasteiger charge is 2.11. The van der Waals surface area contributed by atoms with Gasteiger partial charge in [-0.15, -0.1) is 0 Å². The summed E-state index contributed by atoms with van der Waals surface area (Å²) < 4.78 is 1.53. The molecule has 0 unspecified atom stereocenters. The Morgan fingerprint density at radius 3 is 2.78 bits per heavy atom. The summed E-state index contributed by atoms with van der Waals surface area (Å²) in [7, 11) is 0. The molecule has 0 saturated carbocycles. The van der Waals surface area contributed by atoms with Crippen molar-refractivity contribution in [2.24, 2.45) is 0 Å². The third kappa shape index (κ3) is 2.26. The predicted octanol–water partition coefficient (Wildman–Crippen LogP) is 2.26. The summed E-state index contributed by atoms with van der Waals surface area (Å²) in [5, 5.41) is 1.27. The molecule has 2 N–H and O–H groups in total. The van der Waals surface area contributed by atoms with E-state index < -0.39 is 5.91 Å². The van der Waals surface area contributed by atoms with Crippen molar-refractivity contribution in [2.45, 2.75) is 0 Å². The molecule has 0 radical (unpaired) electrons. The van der Waals surface area contributed by atoms with Crippen LogP contribution in [0.2, 0.25) is 0 Å². The van der Waals surface area contributed by atoms with E-state index in [1.807, 2.05) is 30.3 Å². The lowest BCUT2D eigenvalue weighted by Gasteiger charge is -2.07. The third-order valence-corrected chi connectivity index (χ3v) is 3.67. The first-order valence-electron chi connectivity index (χ1n) is 7.08. The number of imidazole rings is 1. The van der Waals surface area contributed by atoms with E-state index in [0.29, 0.717) is 5.39 Å². The highest BCUT2D eigenvalue weighted by molar-refractivity contribution is 6.01. The minimum atomic E-state index is -0.406. The van der Waals surface area contributed by atoms with E-state index in [2.05, 4.69) is 15.4 Å². The lowest BCUT2D eigenvalue weighted by molar-refractivity contribution is 0.100. The Labute approximate surface area is 130 Å². The summed E-state index contributed by atoms with van der Waals surface area (Å²) in [4.78, 5) is 31.3. The normalized spacial score (nSPS) is 11.0. The number of hydrogen-bond donors (Lipinski definition) is 2. The molecule has 0 aliphatic carbocycles. The van der Waals surface area contributed by atoms with Crippen molar-refractivity contribution in [1.82, 2.24) is 14.6 Å². The number of H-pyrrole nitrogens is 1. The van der Waals surface area contributed by atoms with Crippen LogP contribution in [0, 0.1) is 0 Å². The number of aromatic nitrogens is 3. The van der Waals surface area contributed by atoms with Crippen molar-refractivity contribution >= 4 is 27.7 Å². The van der Waals surface area contributed by atoms with Crippen molar-refractivity contribution < 1.29 is 4.79 Å². The molecule has 0 aliphatic rings. The number of fused-ring (bicyclic) bond motifs is 2. The first-order chi connectivity index (χ1) is 11.2. The Bertz CT molecular complexity index is 1090. The van der Waals surface area contributed by atoms with Gasteiger partial charge in [-0.25, -0.2) is 9.66 Å². The number of hydrogen-bond acceptors (Lipinski definition) is 3. The van der Waals surface area contributed by atoms with Crippen molar-refractivity contribution in [2.75, 3.05) is 5.43 Å². The second-order valence-electron chi connectivity index (χ2n) is 5.14. The van der Waals surface area contributed by atoms with Gasteiger partial charge in [0.25, 0.3) is 11.5 Å². The molecule has 23 heavy (non-hydrogen) atoms.